The van der Waals surface area contributed by atoms with E-state index in [-0.39, 0.29) is 5.60 Å². The largest absolute Gasteiger partial charge is 0.368 e. The summed E-state index contributed by atoms with van der Waals surface area (Å²) in [6.45, 7) is 6.83. The first-order chi connectivity index (χ1) is 8.11. The van der Waals surface area contributed by atoms with Gasteiger partial charge in [-0.15, -0.1) is 11.3 Å². The summed E-state index contributed by atoms with van der Waals surface area (Å²) in [6.07, 6.45) is 0.487. The summed E-state index contributed by atoms with van der Waals surface area (Å²) >= 11 is 1.58. The van der Waals surface area contributed by atoms with Gasteiger partial charge in [-0.3, -0.25) is 0 Å². The second-order valence-corrected chi connectivity index (χ2v) is 4.76. The van der Waals surface area contributed by atoms with Gasteiger partial charge in [0, 0.05) is 26.2 Å². The lowest BCUT2D eigenvalue weighted by Crippen LogP contribution is -2.25. The molecule has 0 aliphatic heterocycles. The molecule has 1 aromatic rings. The Labute approximate surface area is 107 Å². The monoisotopic (exact) mass is 259 g/mol. The summed E-state index contributed by atoms with van der Waals surface area (Å²) in [7, 11) is 3.21. The average Bonchev–Trinajstić information content (AvgIpc) is 2.81. The lowest BCUT2D eigenvalue weighted by Gasteiger charge is -2.25. The maximum absolute atomic E-state index is 5.79. The fourth-order valence-electron chi connectivity index (χ4n) is 1.61. The second kappa shape index (κ2) is 6.44. The zero-order valence-corrected chi connectivity index (χ0v) is 12.0. The Kier molecular flexibility index (Phi) is 5.52. The van der Waals surface area contributed by atoms with E-state index in [4.69, 9.17) is 14.2 Å². The summed E-state index contributed by atoms with van der Waals surface area (Å²) in [5.41, 5.74) is 0.485. The molecule has 1 aromatic heterocycles. The summed E-state index contributed by atoms with van der Waals surface area (Å²) in [6, 6.07) is 0. The molecule has 0 saturated heterocycles. The maximum Gasteiger partial charge on any atom is 0.201 e. The number of nitrogens with zero attached hydrogens (tertiary/aromatic N) is 1. The van der Waals surface area contributed by atoms with Crippen LogP contribution in [0.5, 0.6) is 0 Å². The molecule has 0 aliphatic rings. The van der Waals surface area contributed by atoms with Crippen LogP contribution in [0.1, 0.15) is 44.2 Å². The molecule has 1 heterocycles. The highest BCUT2D eigenvalue weighted by atomic mass is 32.1. The first-order valence-corrected chi connectivity index (χ1v) is 6.64. The first kappa shape index (κ1) is 14.6. The van der Waals surface area contributed by atoms with Gasteiger partial charge in [0.05, 0.1) is 0 Å². The summed E-state index contributed by atoms with van der Waals surface area (Å²) in [4.78, 5) is 4.56. The van der Waals surface area contributed by atoms with E-state index in [2.05, 4.69) is 18.8 Å². The smallest absolute Gasteiger partial charge is 0.201 e. The van der Waals surface area contributed by atoms with E-state index in [9.17, 15) is 0 Å². The molecule has 98 valence electrons. The van der Waals surface area contributed by atoms with Crippen molar-refractivity contribution in [3.8, 4) is 0 Å². The van der Waals surface area contributed by atoms with E-state index < -0.39 is 6.29 Å². The third-order valence-corrected chi connectivity index (χ3v) is 3.89. The number of rotatable bonds is 7. The maximum atomic E-state index is 5.79. The zero-order chi connectivity index (χ0) is 12.9. The summed E-state index contributed by atoms with van der Waals surface area (Å²) in [5, 5.41) is 2.93. The van der Waals surface area contributed by atoms with Gasteiger partial charge < -0.3 is 14.2 Å². The lowest BCUT2D eigenvalue weighted by atomic mass is 10.0. The van der Waals surface area contributed by atoms with Crippen molar-refractivity contribution < 1.29 is 14.2 Å². The van der Waals surface area contributed by atoms with Crippen molar-refractivity contribution >= 4 is 11.3 Å². The summed E-state index contributed by atoms with van der Waals surface area (Å²) in [5.74, 6) is 0. The van der Waals surface area contributed by atoms with Crippen molar-refractivity contribution in [2.45, 2.75) is 39.1 Å². The van der Waals surface area contributed by atoms with Gasteiger partial charge in [0.25, 0.3) is 0 Å². The molecule has 17 heavy (non-hydrogen) atoms. The normalized spacial score (nSPS) is 15.2. The third-order valence-electron chi connectivity index (χ3n) is 2.78. The van der Waals surface area contributed by atoms with Gasteiger partial charge in [0.2, 0.25) is 6.29 Å². The van der Waals surface area contributed by atoms with Crippen LogP contribution in [0, 0.1) is 0 Å². The van der Waals surface area contributed by atoms with E-state index in [0.717, 1.165) is 17.1 Å². The Bertz CT molecular complexity index is 338. The molecule has 5 heteroatoms. The van der Waals surface area contributed by atoms with E-state index in [0.29, 0.717) is 6.61 Å². The number of aromatic nitrogens is 1. The molecule has 1 unspecified atom stereocenters. The molecule has 0 N–H and O–H groups in total. The van der Waals surface area contributed by atoms with Crippen LogP contribution >= 0.6 is 11.3 Å². The molecule has 0 amide bonds. The van der Waals surface area contributed by atoms with Crippen molar-refractivity contribution in [3.63, 3.8) is 0 Å². The quantitative estimate of drug-likeness (QED) is 0.705. The highest BCUT2D eigenvalue weighted by Crippen LogP contribution is 2.33. The van der Waals surface area contributed by atoms with Crippen LogP contribution in [0.2, 0.25) is 0 Å². The van der Waals surface area contributed by atoms with Gasteiger partial charge in [-0.05, 0) is 20.3 Å². The average molecular weight is 259 g/mol. The van der Waals surface area contributed by atoms with Gasteiger partial charge in [0.15, 0.2) is 0 Å². The minimum atomic E-state index is -0.400. The molecule has 0 spiro atoms. The standard InChI is InChI=1S/C12H21NO3S/c1-6-12(3,16-7-2)11-13-9(8-17-11)10(14-4)15-5/h8,10H,6-7H2,1-5H3. The molecule has 0 aliphatic carbocycles. The Balaban J connectivity index is 2.92. The molecule has 0 aromatic carbocycles. The van der Waals surface area contributed by atoms with Crippen molar-refractivity contribution in [2.75, 3.05) is 20.8 Å². The van der Waals surface area contributed by atoms with Crippen LogP contribution in [0.15, 0.2) is 5.38 Å². The molecule has 0 saturated carbocycles. The molecule has 4 nitrogen and oxygen atoms in total. The van der Waals surface area contributed by atoms with E-state index >= 15 is 0 Å². The first-order valence-electron chi connectivity index (χ1n) is 5.76. The van der Waals surface area contributed by atoms with Crippen molar-refractivity contribution in [1.29, 1.82) is 0 Å². The number of ether oxygens (including phenoxy) is 3. The van der Waals surface area contributed by atoms with Crippen LogP contribution in [0.3, 0.4) is 0 Å². The topological polar surface area (TPSA) is 40.6 Å². The molecule has 0 fully saturated rings. The summed E-state index contributed by atoms with van der Waals surface area (Å²) < 4.78 is 16.2. The van der Waals surface area contributed by atoms with Crippen LogP contribution in [0.25, 0.3) is 0 Å². The number of hydrogen-bond donors (Lipinski definition) is 0. The fourth-order valence-corrected chi connectivity index (χ4v) is 2.62. The molecular formula is C12H21NO3S. The Morgan fingerprint density at radius 1 is 1.35 bits per heavy atom. The molecular weight excluding hydrogens is 238 g/mol. The third kappa shape index (κ3) is 3.25. The zero-order valence-electron chi connectivity index (χ0n) is 11.1. The minimum absolute atomic E-state index is 0.316. The predicted molar refractivity (Wildman–Crippen MR) is 68.1 cm³/mol. The van der Waals surface area contributed by atoms with Crippen LogP contribution in [-0.2, 0) is 19.8 Å². The number of hydrogen-bond acceptors (Lipinski definition) is 5. The fraction of sp³-hybridized carbons (Fsp3) is 0.750. The highest BCUT2D eigenvalue weighted by Gasteiger charge is 2.29. The van der Waals surface area contributed by atoms with E-state index in [1.807, 2.05) is 12.3 Å². The van der Waals surface area contributed by atoms with E-state index in [1.165, 1.54) is 0 Å². The molecule has 0 radical (unpaired) electrons. The van der Waals surface area contributed by atoms with Crippen LogP contribution in [-0.4, -0.2) is 25.8 Å². The van der Waals surface area contributed by atoms with Crippen molar-refractivity contribution in [2.24, 2.45) is 0 Å². The van der Waals surface area contributed by atoms with Crippen molar-refractivity contribution in [1.82, 2.24) is 4.98 Å². The second-order valence-electron chi connectivity index (χ2n) is 3.90. The molecule has 1 atom stereocenters. The van der Waals surface area contributed by atoms with Gasteiger partial charge in [0.1, 0.15) is 16.3 Å². The number of thiazole rings is 1. The Morgan fingerprint density at radius 2 is 2.00 bits per heavy atom. The SMILES string of the molecule is CCOC(C)(CC)c1nc(C(OC)OC)cs1. The van der Waals surface area contributed by atoms with Gasteiger partial charge in [-0.25, -0.2) is 4.98 Å². The minimum Gasteiger partial charge on any atom is -0.368 e. The molecule has 1 rings (SSSR count). The predicted octanol–water partition coefficient (Wildman–Crippen LogP) is 3.10. The van der Waals surface area contributed by atoms with Crippen molar-refractivity contribution in [3.05, 3.63) is 16.1 Å². The molecule has 0 bridgehead atoms. The van der Waals surface area contributed by atoms with Gasteiger partial charge in [-0.1, -0.05) is 6.92 Å². The lowest BCUT2D eigenvalue weighted by molar-refractivity contribution is -0.108. The van der Waals surface area contributed by atoms with Gasteiger partial charge >= 0.3 is 0 Å². The van der Waals surface area contributed by atoms with Crippen LogP contribution < -0.4 is 0 Å². The number of methoxy groups -OCH3 is 2. The highest BCUT2D eigenvalue weighted by molar-refractivity contribution is 7.09. The van der Waals surface area contributed by atoms with E-state index in [1.54, 1.807) is 25.6 Å². The Hall–Kier alpha value is -0.490. The van der Waals surface area contributed by atoms with Gasteiger partial charge in [-0.2, -0.15) is 0 Å². The Morgan fingerprint density at radius 3 is 2.47 bits per heavy atom. The van der Waals surface area contributed by atoms with Crippen LogP contribution in [0.4, 0.5) is 0 Å².